The van der Waals surface area contributed by atoms with Crippen LogP contribution < -0.4 is 15.8 Å². The van der Waals surface area contributed by atoms with Crippen LogP contribution in [0.25, 0.3) is 0 Å². The van der Waals surface area contributed by atoms with E-state index in [1.54, 1.807) is 24.3 Å². The van der Waals surface area contributed by atoms with Gasteiger partial charge in [-0.2, -0.15) is 0 Å². The van der Waals surface area contributed by atoms with Crippen molar-refractivity contribution in [1.82, 2.24) is 10.3 Å². The van der Waals surface area contributed by atoms with Crippen molar-refractivity contribution < 1.29 is 9.53 Å². The summed E-state index contributed by atoms with van der Waals surface area (Å²) in [6.07, 6.45) is 1.40. The number of hydrogen-bond donors (Lipinski definition) is 2. The first kappa shape index (κ1) is 20.5. The fourth-order valence-corrected chi connectivity index (χ4v) is 3.37. The number of nitrogens with zero attached hydrogens (tertiary/aromatic N) is 1. The summed E-state index contributed by atoms with van der Waals surface area (Å²) in [5, 5.41) is 3.82. The van der Waals surface area contributed by atoms with Crippen molar-refractivity contribution >= 4 is 50.9 Å². The quantitative estimate of drug-likeness (QED) is 0.505. The number of nitrogen functional groups attached to an aromatic ring is 1. The molecule has 8 heteroatoms. The van der Waals surface area contributed by atoms with Crippen LogP contribution in [0.15, 0.2) is 59.2 Å². The first-order chi connectivity index (χ1) is 13.5. The fourth-order valence-electron chi connectivity index (χ4n) is 2.43. The van der Waals surface area contributed by atoms with Crippen LogP contribution in [-0.2, 0) is 13.2 Å². The molecule has 0 spiro atoms. The normalized spacial score (nSPS) is 10.5. The lowest BCUT2D eigenvalue weighted by Gasteiger charge is -2.12. The van der Waals surface area contributed by atoms with Crippen molar-refractivity contribution in [3.05, 3.63) is 85.9 Å². The number of anilines is 1. The van der Waals surface area contributed by atoms with Gasteiger partial charge in [0.25, 0.3) is 5.91 Å². The molecular formula is C20H16BrCl2N3O2. The lowest BCUT2D eigenvalue weighted by atomic mass is 10.2. The van der Waals surface area contributed by atoms with Crippen molar-refractivity contribution in [3.8, 4) is 5.75 Å². The molecule has 0 saturated carbocycles. The number of nitrogens with two attached hydrogens (primary N) is 1. The highest BCUT2D eigenvalue weighted by Crippen LogP contribution is 2.27. The zero-order chi connectivity index (χ0) is 20.1. The summed E-state index contributed by atoms with van der Waals surface area (Å²) in [6, 6.07) is 14.4. The molecule has 0 bridgehead atoms. The minimum absolute atomic E-state index is 0.104. The standard InChI is InChI=1S/C20H16BrCl2N3O2/c21-15-5-2-1-4-12(15)9-26-20(27)13-8-18(19(24)25-10-13)28-11-14-16(22)6-3-7-17(14)23/h1-8,10H,9,11H2,(H2,24,25)(H,26,27). The van der Waals surface area contributed by atoms with Crippen LogP contribution in [0.3, 0.4) is 0 Å². The van der Waals surface area contributed by atoms with Crippen molar-refractivity contribution in [3.63, 3.8) is 0 Å². The summed E-state index contributed by atoms with van der Waals surface area (Å²) in [4.78, 5) is 16.5. The van der Waals surface area contributed by atoms with Crippen LogP contribution in [0.4, 0.5) is 5.82 Å². The average Bonchev–Trinajstić information content (AvgIpc) is 2.68. The number of pyridine rings is 1. The van der Waals surface area contributed by atoms with E-state index < -0.39 is 0 Å². The van der Waals surface area contributed by atoms with Crippen LogP contribution in [-0.4, -0.2) is 10.9 Å². The molecule has 1 heterocycles. The van der Waals surface area contributed by atoms with Gasteiger partial charge in [0.05, 0.1) is 5.56 Å². The monoisotopic (exact) mass is 479 g/mol. The van der Waals surface area contributed by atoms with Crippen LogP contribution in [0.1, 0.15) is 21.5 Å². The van der Waals surface area contributed by atoms with E-state index in [2.05, 4.69) is 26.2 Å². The summed E-state index contributed by atoms with van der Waals surface area (Å²) in [6.45, 7) is 0.475. The Hall–Kier alpha value is -2.28. The predicted molar refractivity (Wildman–Crippen MR) is 115 cm³/mol. The molecule has 0 unspecified atom stereocenters. The smallest absolute Gasteiger partial charge is 0.253 e. The molecule has 3 N–H and O–H groups in total. The van der Waals surface area contributed by atoms with Gasteiger partial charge in [-0.3, -0.25) is 4.79 Å². The topological polar surface area (TPSA) is 77.2 Å². The molecule has 0 radical (unpaired) electrons. The zero-order valence-corrected chi connectivity index (χ0v) is 17.7. The van der Waals surface area contributed by atoms with Gasteiger partial charge < -0.3 is 15.8 Å². The Morgan fingerprint density at radius 1 is 1.14 bits per heavy atom. The maximum atomic E-state index is 12.5. The number of carbonyl (C=O) groups excluding carboxylic acids is 1. The Bertz CT molecular complexity index is 994. The van der Waals surface area contributed by atoms with E-state index in [4.69, 9.17) is 33.7 Å². The minimum atomic E-state index is -0.288. The molecule has 0 aliphatic rings. The molecule has 144 valence electrons. The average molecular weight is 481 g/mol. The second-order valence-electron chi connectivity index (χ2n) is 5.87. The predicted octanol–water partition coefficient (Wildman–Crippen LogP) is 5.24. The highest BCUT2D eigenvalue weighted by molar-refractivity contribution is 9.10. The molecule has 3 rings (SSSR count). The van der Waals surface area contributed by atoms with Crippen molar-refractivity contribution in [2.45, 2.75) is 13.2 Å². The van der Waals surface area contributed by atoms with Gasteiger partial charge in [0, 0.05) is 32.8 Å². The maximum Gasteiger partial charge on any atom is 0.253 e. The second kappa shape index (κ2) is 9.28. The Morgan fingerprint density at radius 2 is 1.86 bits per heavy atom. The van der Waals surface area contributed by atoms with Gasteiger partial charge in [-0.15, -0.1) is 0 Å². The molecular weight excluding hydrogens is 465 g/mol. The lowest BCUT2D eigenvalue weighted by Crippen LogP contribution is -2.23. The molecule has 1 amide bonds. The molecule has 2 aromatic carbocycles. The van der Waals surface area contributed by atoms with Gasteiger partial charge in [-0.1, -0.05) is 63.4 Å². The highest BCUT2D eigenvalue weighted by Gasteiger charge is 2.13. The molecule has 0 saturated heterocycles. The van der Waals surface area contributed by atoms with Crippen molar-refractivity contribution in [2.24, 2.45) is 0 Å². The number of hydrogen-bond acceptors (Lipinski definition) is 4. The first-order valence-corrected chi connectivity index (χ1v) is 9.83. The number of benzene rings is 2. The van der Waals surface area contributed by atoms with Crippen LogP contribution in [0.2, 0.25) is 10.0 Å². The maximum absolute atomic E-state index is 12.5. The number of amides is 1. The second-order valence-corrected chi connectivity index (χ2v) is 7.54. The Kier molecular flexibility index (Phi) is 6.78. The van der Waals surface area contributed by atoms with Gasteiger partial charge in [-0.25, -0.2) is 4.98 Å². The van der Waals surface area contributed by atoms with Crippen LogP contribution in [0.5, 0.6) is 5.75 Å². The molecule has 0 atom stereocenters. The number of rotatable bonds is 6. The van der Waals surface area contributed by atoms with Gasteiger partial charge >= 0.3 is 0 Å². The third-order valence-electron chi connectivity index (χ3n) is 3.97. The first-order valence-electron chi connectivity index (χ1n) is 8.28. The Labute approximate surface area is 180 Å². The van der Waals surface area contributed by atoms with E-state index in [0.717, 1.165) is 10.0 Å². The van der Waals surface area contributed by atoms with Crippen LogP contribution >= 0.6 is 39.1 Å². The van der Waals surface area contributed by atoms with Gasteiger partial charge in [0.15, 0.2) is 11.6 Å². The Balaban J connectivity index is 1.70. The van der Waals surface area contributed by atoms with E-state index in [9.17, 15) is 4.79 Å². The summed E-state index contributed by atoms with van der Waals surface area (Å²) >= 11 is 15.8. The largest absolute Gasteiger partial charge is 0.485 e. The van der Waals surface area contributed by atoms with Gasteiger partial charge in [0.1, 0.15) is 6.61 Å². The number of aromatic nitrogens is 1. The summed E-state index contributed by atoms with van der Waals surface area (Å²) in [5.74, 6) is 0.166. The number of carbonyl (C=O) groups is 1. The highest BCUT2D eigenvalue weighted by atomic mass is 79.9. The van der Waals surface area contributed by atoms with E-state index in [1.165, 1.54) is 6.20 Å². The van der Waals surface area contributed by atoms with E-state index in [0.29, 0.717) is 27.7 Å². The third-order valence-corrected chi connectivity index (χ3v) is 5.46. The van der Waals surface area contributed by atoms with Gasteiger partial charge in [0.2, 0.25) is 0 Å². The molecule has 0 aliphatic heterocycles. The Morgan fingerprint density at radius 3 is 2.57 bits per heavy atom. The fraction of sp³-hybridized carbons (Fsp3) is 0.100. The molecule has 5 nitrogen and oxygen atoms in total. The van der Waals surface area contributed by atoms with Gasteiger partial charge in [-0.05, 0) is 29.8 Å². The number of halogens is 3. The van der Waals surface area contributed by atoms with E-state index >= 15 is 0 Å². The summed E-state index contributed by atoms with van der Waals surface area (Å²) < 4.78 is 6.64. The number of nitrogens with one attached hydrogen (secondary N) is 1. The summed E-state index contributed by atoms with van der Waals surface area (Å²) in [5.41, 5.74) is 7.80. The van der Waals surface area contributed by atoms with E-state index in [1.807, 2.05) is 24.3 Å². The molecule has 0 aliphatic carbocycles. The number of ether oxygens (including phenoxy) is 1. The zero-order valence-electron chi connectivity index (χ0n) is 14.6. The van der Waals surface area contributed by atoms with Crippen molar-refractivity contribution in [1.29, 1.82) is 0 Å². The van der Waals surface area contributed by atoms with Crippen molar-refractivity contribution in [2.75, 3.05) is 5.73 Å². The molecule has 28 heavy (non-hydrogen) atoms. The molecule has 3 aromatic rings. The summed E-state index contributed by atoms with van der Waals surface area (Å²) in [7, 11) is 0. The molecule has 0 fully saturated rings. The van der Waals surface area contributed by atoms with Crippen LogP contribution in [0, 0.1) is 0 Å². The third kappa shape index (κ3) is 4.95. The lowest BCUT2D eigenvalue weighted by molar-refractivity contribution is 0.0950. The minimum Gasteiger partial charge on any atom is -0.485 e. The molecule has 1 aromatic heterocycles. The van der Waals surface area contributed by atoms with E-state index in [-0.39, 0.29) is 24.1 Å². The SMILES string of the molecule is Nc1ncc(C(=O)NCc2ccccc2Br)cc1OCc1c(Cl)cccc1Cl.